The van der Waals surface area contributed by atoms with Gasteiger partial charge in [-0.05, 0) is 37.6 Å². The van der Waals surface area contributed by atoms with Crippen molar-refractivity contribution in [2.75, 3.05) is 7.05 Å². The summed E-state index contributed by atoms with van der Waals surface area (Å²) in [5.74, 6) is 1.09. The lowest BCUT2D eigenvalue weighted by Gasteiger charge is -2.17. The van der Waals surface area contributed by atoms with E-state index in [2.05, 4.69) is 49.5 Å². The molecule has 0 saturated heterocycles. The maximum Gasteiger partial charge on any atom is 0.108 e. The van der Waals surface area contributed by atoms with E-state index in [1.807, 2.05) is 7.05 Å². The van der Waals surface area contributed by atoms with Crippen molar-refractivity contribution in [3.05, 3.63) is 59.0 Å². The largest absolute Gasteiger partial charge is 0.469 e. The zero-order chi connectivity index (χ0) is 13.0. The van der Waals surface area contributed by atoms with Crippen LogP contribution in [0.5, 0.6) is 0 Å². The van der Waals surface area contributed by atoms with Gasteiger partial charge >= 0.3 is 0 Å². The molecule has 1 atom stereocenters. The third kappa shape index (κ3) is 2.65. The third-order valence-electron chi connectivity index (χ3n) is 3.51. The van der Waals surface area contributed by atoms with Gasteiger partial charge in [0.1, 0.15) is 5.76 Å². The summed E-state index contributed by atoms with van der Waals surface area (Å²) >= 11 is 0. The second-order valence-electron chi connectivity index (χ2n) is 4.62. The van der Waals surface area contributed by atoms with Gasteiger partial charge in [0, 0.05) is 18.0 Å². The van der Waals surface area contributed by atoms with Crippen molar-refractivity contribution in [2.45, 2.75) is 32.7 Å². The molecule has 2 aromatic rings. The Morgan fingerprint density at radius 2 is 2.00 bits per heavy atom. The first-order valence-corrected chi connectivity index (χ1v) is 6.54. The van der Waals surface area contributed by atoms with Crippen LogP contribution >= 0.6 is 0 Å². The van der Waals surface area contributed by atoms with Gasteiger partial charge in [-0.3, -0.25) is 0 Å². The van der Waals surface area contributed by atoms with E-state index in [-0.39, 0.29) is 0 Å². The van der Waals surface area contributed by atoms with Crippen molar-refractivity contribution < 1.29 is 4.42 Å². The molecule has 2 nitrogen and oxygen atoms in total. The van der Waals surface area contributed by atoms with Crippen LogP contribution in [0.1, 0.15) is 35.4 Å². The molecule has 0 saturated carbocycles. The average Bonchev–Trinajstić information content (AvgIpc) is 2.86. The lowest BCUT2D eigenvalue weighted by atomic mass is 9.96. The van der Waals surface area contributed by atoms with E-state index in [1.165, 1.54) is 16.7 Å². The molecule has 0 spiro atoms. The molecular formula is C16H21NO. The molecule has 0 aliphatic carbocycles. The summed E-state index contributed by atoms with van der Waals surface area (Å²) in [5.41, 5.74) is 4.02. The number of benzene rings is 1. The number of hydrogen-bond acceptors (Lipinski definition) is 2. The van der Waals surface area contributed by atoms with Gasteiger partial charge in [0.15, 0.2) is 0 Å². The van der Waals surface area contributed by atoms with E-state index in [0.717, 1.165) is 18.6 Å². The minimum atomic E-state index is 0.319. The molecule has 2 heteroatoms. The molecule has 1 aromatic carbocycles. The molecule has 2 rings (SSSR count). The molecule has 0 bridgehead atoms. The third-order valence-corrected chi connectivity index (χ3v) is 3.51. The first-order valence-electron chi connectivity index (χ1n) is 6.54. The Balaban J connectivity index is 2.23. The monoisotopic (exact) mass is 243 g/mol. The van der Waals surface area contributed by atoms with Crippen molar-refractivity contribution in [1.82, 2.24) is 5.32 Å². The van der Waals surface area contributed by atoms with Gasteiger partial charge in [0.05, 0.1) is 6.26 Å². The minimum absolute atomic E-state index is 0.319. The van der Waals surface area contributed by atoms with Gasteiger partial charge in [-0.2, -0.15) is 0 Å². The van der Waals surface area contributed by atoms with Crippen LogP contribution in [0.4, 0.5) is 0 Å². The molecule has 0 aliphatic heterocycles. The number of furan rings is 1. The molecule has 1 aromatic heterocycles. The van der Waals surface area contributed by atoms with Gasteiger partial charge < -0.3 is 9.73 Å². The summed E-state index contributed by atoms with van der Waals surface area (Å²) in [5, 5.41) is 3.39. The Bertz CT molecular complexity index is 501. The van der Waals surface area contributed by atoms with E-state index >= 15 is 0 Å². The Morgan fingerprint density at radius 1 is 1.22 bits per heavy atom. The topological polar surface area (TPSA) is 25.2 Å². The smallest absolute Gasteiger partial charge is 0.108 e. The first kappa shape index (κ1) is 12.9. The molecule has 18 heavy (non-hydrogen) atoms. The zero-order valence-corrected chi connectivity index (χ0v) is 11.4. The highest BCUT2D eigenvalue weighted by Crippen LogP contribution is 2.24. The molecule has 1 N–H and O–H groups in total. The number of nitrogens with one attached hydrogen (secondary N) is 1. The molecular weight excluding hydrogens is 222 g/mol. The van der Waals surface area contributed by atoms with E-state index in [4.69, 9.17) is 4.42 Å². The van der Waals surface area contributed by atoms with Gasteiger partial charge in [0.2, 0.25) is 0 Å². The van der Waals surface area contributed by atoms with Crippen LogP contribution in [-0.4, -0.2) is 7.05 Å². The van der Waals surface area contributed by atoms with Gasteiger partial charge in [0.25, 0.3) is 0 Å². The van der Waals surface area contributed by atoms with Gasteiger partial charge in [-0.1, -0.05) is 31.2 Å². The van der Waals surface area contributed by atoms with Crippen LogP contribution in [0.25, 0.3) is 0 Å². The van der Waals surface area contributed by atoms with Crippen molar-refractivity contribution >= 4 is 0 Å². The van der Waals surface area contributed by atoms with Crippen molar-refractivity contribution in [1.29, 1.82) is 0 Å². The van der Waals surface area contributed by atoms with Crippen LogP contribution in [0.3, 0.4) is 0 Å². The maximum atomic E-state index is 5.52. The second kappa shape index (κ2) is 5.87. The SMILES string of the molecule is CCc1occc1C(Cc1ccccc1C)NC. The predicted octanol–water partition coefficient (Wildman–Crippen LogP) is 3.65. The zero-order valence-electron chi connectivity index (χ0n) is 11.4. The van der Waals surface area contributed by atoms with Crippen molar-refractivity contribution in [3.8, 4) is 0 Å². The molecule has 1 heterocycles. The predicted molar refractivity (Wildman–Crippen MR) is 74.8 cm³/mol. The highest BCUT2D eigenvalue weighted by molar-refractivity contribution is 5.30. The Hall–Kier alpha value is -1.54. The fourth-order valence-corrected chi connectivity index (χ4v) is 2.37. The van der Waals surface area contributed by atoms with Crippen LogP contribution in [0, 0.1) is 6.92 Å². The molecule has 0 fully saturated rings. The fourth-order valence-electron chi connectivity index (χ4n) is 2.37. The highest BCUT2D eigenvalue weighted by Gasteiger charge is 2.16. The Labute approximate surface area is 109 Å². The van der Waals surface area contributed by atoms with Crippen LogP contribution < -0.4 is 5.32 Å². The maximum absolute atomic E-state index is 5.52. The number of likely N-dealkylation sites (N-methyl/N-ethyl adjacent to an activating group) is 1. The summed E-state index contributed by atoms with van der Waals surface area (Å²) in [4.78, 5) is 0. The molecule has 0 aliphatic rings. The van der Waals surface area contributed by atoms with E-state index in [0.29, 0.717) is 6.04 Å². The quantitative estimate of drug-likeness (QED) is 0.867. The molecule has 0 amide bonds. The van der Waals surface area contributed by atoms with E-state index in [9.17, 15) is 0 Å². The summed E-state index contributed by atoms with van der Waals surface area (Å²) in [6.45, 7) is 4.29. The van der Waals surface area contributed by atoms with Crippen molar-refractivity contribution in [2.24, 2.45) is 0 Å². The lowest BCUT2D eigenvalue weighted by molar-refractivity contribution is 0.495. The van der Waals surface area contributed by atoms with Gasteiger partial charge in [-0.15, -0.1) is 0 Å². The first-order chi connectivity index (χ1) is 8.76. The average molecular weight is 243 g/mol. The molecule has 0 radical (unpaired) electrons. The standard InChI is InChI=1S/C16H21NO/c1-4-16-14(9-10-18-16)15(17-3)11-13-8-6-5-7-12(13)2/h5-10,15,17H,4,11H2,1-3H3. The van der Waals surface area contributed by atoms with Gasteiger partial charge in [-0.25, -0.2) is 0 Å². The molecule has 96 valence electrons. The minimum Gasteiger partial charge on any atom is -0.469 e. The van der Waals surface area contributed by atoms with E-state index in [1.54, 1.807) is 6.26 Å². The normalized spacial score (nSPS) is 12.6. The summed E-state index contributed by atoms with van der Waals surface area (Å²) in [6, 6.07) is 11.0. The number of aryl methyl sites for hydroxylation is 2. The van der Waals surface area contributed by atoms with Crippen LogP contribution in [0.2, 0.25) is 0 Å². The second-order valence-corrected chi connectivity index (χ2v) is 4.62. The summed E-state index contributed by atoms with van der Waals surface area (Å²) < 4.78 is 5.52. The highest BCUT2D eigenvalue weighted by atomic mass is 16.3. The Kier molecular flexibility index (Phi) is 4.21. The lowest BCUT2D eigenvalue weighted by Crippen LogP contribution is -2.19. The summed E-state index contributed by atoms with van der Waals surface area (Å²) in [6.07, 6.45) is 3.72. The molecule has 1 unspecified atom stereocenters. The fraction of sp³-hybridized carbons (Fsp3) is 0.375. The number of rotatable bonds is 5. The van der Waals surface area contributed by atoms with Crippen LogP contribution in [-0.2, 0) is 12.8 Å². The van der Waals surface area contributed by atoms with Crippen molar-refractivity contribution in [3.63, 3.8) is 0 Å². The van der Waals surface area contributed by atoms with Crippen LogP contribution in [0.15, 0.2) is 41.0 Å². The summed E-state index contributed by atoms with van der Waals surface area (Å²) in [7, 11) is 2.01. The Morgan fingerprint density at radius 3 is 2.67 bits per heavy atom. The number of hydrogen-bond donors (Lipinski definition) is 1. The van der Waals surface area contributed by atoms with E-state index < -0.39 is 0 Å².